The Bertz CT molecular complexity index is 430. The van der Waals surface area contributed by atoms with E-state index in [1.807, 2.05) is 38.1 Å². The van der Waals surface area contributed by atoms with Gasteiger partial charge in [-0.1, -0.05) is 36.8 Å². The van der Waals surface area contributed by atoms with Gasteiger partial charge in [-0.2, -0.15) is 0 Å². The fourth-order valence-corrected chi connectivity index (χ4v) is 1.51. The Hall–Kier alpha value is -1.62. The van der Waals surface area contributed by atoms with Crippen LogP contribution in [0.15, 0.2) is 24.3 Å². The number of amides is 2. The molecule has 0 aliphatic carbocycles. The maximum atomic E-state index is 11.9. The lowest BCUT2D eigenvalue weighted by Gasteiger charge is -2.21. The van der Waals surface area contributed by atoms with E-state index in [9.17, 15) is 4.79 Å². The second-order valence-electron chi connectivity index (χ2n) is 4.48. The van der Waals surface area contributed by atoms with Crippen LogP contribution in [0.25, 0.3) is 0 Å². The number of benzene rings is 1. The molecule has 18 heavy (non-hydrogen) atoms. The molecule has 0 radical (unpaired) electrons. The first-order chi connectivity index (χ1) is 8.40. The molecule has 1 unspecified atom stereocenters. The number of thiocarbonyl (C=S) groups is 1. The molecule has 0 bridgehead atoms. The smallest absolute Gasteiger partial charge is 0.321 e. The molecule has 5 heteroatoms. The van der Waals surface area contributed by atoms with E-state index in [0.717, 1.165) is 11.3 Å². The van der Waals surface area contributed by atoms with Crippen LogP contribution in [0.5, 0.6) is 0 Å². The standard InChI is InChI=1S/C13H19N3OS/c1-9-4-6-11(7-5-9)15-13(17)16(3)8-10(2)12(14)18/h4-7,10H,8H2,1-3H3,(H2,14,18)(H,15,17). The van der Waals surface area contributed by atoms with E-state index < -0.39 is 0 Å². The molecule has 98 valence electrons. The van der Waals surface area contributed by atoms with Crippen molar-refractivity contribution in [2.75, 3.05) is 18.9 Å². The maximum absolute atomic E-state index is 11.9. The largest absolute Gasteiger partial charge is 0.393 e. The third kappa shape index (κ3) is 4.33. The monoisotopic (exact) mass is 265 g/mol. The highest BCUT2D eigenvalue weighted by molar-refractivity contribution is 7.80. The molecule has 1 aromatic carbocycles. The van der Waals surface area contributed by atoms with Crippen LogP contribution < -0.4 is 11.1 Å². The lowest BCUT2D eigenvalue weighted by Crippen LogP contribution is -2.37. The Morgan fingerprint density at radius 2 is 2.00 bits per heavy atom. The summed E-state index contributed by atoms with van der Waals surface area (Å²) in [6.45, 7) is 4.41. The average molecular weight is 265 g/mol. The molecular formula is C13H19N3OS. The highest BCUT2D eigenvalue weighted by atomic mass is 32.1. The summed E-state index contributed by atoms with van der Waals surface area (Å²) in [4.78, 5) is 13.9. The molecule has 0 saturated heterocycles. The van der Waals surface area contributed by atoms with Crippen molar-refractivity contribution in [3.63, 3.8) is 0 Å². The van der Waals surface area contributed by atoms with Crippen LogP contribution in [0.4, 0.5) is 10.5 Å². The first-order valence-electron chi connectivity index (χ1n) is 5.78. The predicted octanol–water partition coefficient (Wildman–Crippen LogP) is 2.38. The number of hydrogen-bond donors (Lipinski definition) is 2. The summed E-state index contributed by atoms with van der Waals surface area (Å²) in [6.07, 6.45) is 0. The van der Waals surface area contributed by atoms with E-state index in [-0.39, 0.29) is 11.9 Å². The van der Waals surface area contributed by atoms with Crippen LogP contribution in [-0.2, 0) is 0 Å². The van der Waals surface area contributed by atoms with Crippen molar-refractivity contribution in [2.45, 2.75) is 13.8 Å². The van der Waals surface area contributed by atoms with Crippen molar-refractivity contribution in [2.24, 2.45) is 11.7 Å². The molecule has 1 rings (SSSR count). The molecule has 0 spiro atoms. The minimum atomic E-state index is -0.165. The molecule has 0 heterocycles. The topological polar surface area (TPSA) is 58.4 Å². The molecule has 4 nitrogen and oxygen atoms in total. The van der Waals surface area contributed by atoms with Gasteiger partial charge in [-0.3, -0.25) is 0 Å². The SMILES string of the molecule is Cc1ccc(NC(=O)N(C)CC(C)C(N)=S)cc1. The van der Waals surface area contributed by atoms with Crippen LogP contribution in [0.1, 0.15) is 12.5 Å². The molecule has 1 aromatic rings. The number of urea groups is 1. The number of carbonyl (C=O) groups excluding carboxylic acids is 1. The first-order valence-corrected chi connectivity index (χ1v) is 6.19. The molecule has 0 aliphatic heterocycles. The fourth-order valence-electron chi connectivity index (χ4n) is 1.44. The summed E-state index contributed by atoms with van der Waals surface area (Å²) < 4.78 is 0. The first kappa shape index (κ1) is 14.4. The zero-order chi connectivity index (χ0) is 13.7. The Morgan fingerprint density at radius 3 is 2.50 bits per heavy atom. The highest BCUT2D eigenvalue weighted by Gasteiger charge is 2.13. The van der Waals surface area contributed by atoms with Crippen molar-refractivity contribution in [1.82, 2.24) is 4.90 Å². The molecule has 0 aliphatic rings. The second-order valence-corrected chi connectivity index (χ2v) is 4.95. The van der Waals surface area contributed by atoms with Gasteiger partial charge in [0.1, 0.15) is 0 Å². The number of anilines is 1. The summed E-state index contributed by atoms with van der Waals surface area (Å²) in [7, 11) is 1.72. The summed E-state index contributed by atoms with van der Waals surface area (Å²) >= 11 is 4.89. The second kappa shape index (κ2) is 6.35. The van der Waals surface area contributed by atoms with Gasteiger partial charge in [-0.15, -0.1) is 0 Å². The van der Waals surface area contributed by atoms with Gasteiger partial charge in [-0.05, 0) is 19.1 Å². The normalized spacial score (nSPS) is 11.7. The van der Waals surface area contributed by atoms with Crippen molar-refractivity contribution >= 4 is 28.9 Å². The summed E-state index contributed by atoms with van der Waals surface area (Å²) in [5.41, 5.74) is 7.46. The zero-order valence-electron chi connectivity index (χ0n) is 10.9. The molecule has 1 atom stereocenters. The zero-order valence-corrected chi connectivity index (χ0v) is 11.8. The van der Waals surface area contributed by atoms with Crippen LogP contribution in [0.3, 0.4) is 0 Å². The average Bonchev–Trinajstić information content (AvgIpc) is 2.31. The lowest BCUT2D eigenvalue weighted by atomic mass is 10.2. The van der Waals surface area contributed by atoms with Crippen LogP contribution in [0.2, 0.25) is 0 Å². The lowest BCUT2D eigenvalue weighted by molar-refractivity contribution is 0.220. The minimum absolute atomic E-state index is 0.00812. The highest BCUT2D eigenvalue weighted by Crippen LogP contribution is 2.09. The Balaban J connectivity index is 2.54. The van der Waals surface area contributed by atoms with Gasteiger partial charge in [0.15, 0.2) is 0 Å². The number of aryl methyl sites for hydroxylation is 1. The van der Waals surface area contributed by atoms with Crippen molar-refractivity contribution in [1.29, 1.82) is 0 Å². The summed E-state index contributed by atoms with van der Waals surface area (Å²) in [5.74, 6) is 0.00812. The van der Waals surface area contributed by atoms with Crippen LogP contribution in [-0.4, -0.2) is 29.5 Å². The van der Waals surface area contributed by atoms with Gasteiger partial charge >= 0.3 is 6.03 Å². The van der Waals surface area contributed by atoms with Crippen LogP contribution in [0, 0.1) is 12.8 Å². The van der Waals surface area contributed by atoms with E-state index in [1.54, 1.807) is 11.9 Å². The molecular weight excluding hydrogens is 246 g/mol. The van der Waals surface area contributed by atoms with Gasteiger partial charge in [0, 0.05) is 25.2 Å². The summed E-state index contributed by atoms with van der Waals surface area (Å²) in [6, 6.07) is 7.48. The van der Waals surface area contributed by atoms with E-state index in [4.69, 9.17) is 18.0 Å². The minimum Gasteiger partial charge on any atom is -0.393 e. The number of hydrogen-bond acceptors (Lipinski definition) is 2. The van der Waals surface area contributed by atoms with Crippen molar-refractivity contribution in [3.05, 3.63) is 29.8 Å². The molecule has 0 saturated carbocycles. The molecule has 0 aromatic heterocycles. The van der Waals surface area contributed by atoms with Gasteiger partial charge in [0.05, 0.1) is 4.99 Å². The summed E-state index contributed by atoms with van der Waals surface area (Å²) in [5, 5.41) is 2.82. The Labute approximate surface area is 113 Å². The number of nitrogens with one attached hydrogen (secondary N) is 1. The molecule has 3 N–H and O–H groups in total. The fraction of sp³-hybridized carbons (Fsp3) is 0.385. The van der Waals surface area contributed by atoms with E-state index in [1.165, 1.54) is 0 Å². The predicted molar refractivity (Wildman–Crippen MR) is 78.8 cm³/mol. The van der Waals surface area contributed by atoms with Crippen molar-refractivity contribution < 1.29 is 4.79 Å². The number of carbonyl (C=O) groups is 1. The van der Waals surface area contributed by atoms with Gasteiger partial charge in [0.25, 0.3) is 0 Å². The quantitative estimate of drug-likeness (QED) is 0.822. The molecule has 2 amide bonds. The van der Waals surface area contributed by atoms with Gasteiger partial charge < -0.3 is 16.0 Å². The molecule has 0 fully saturated rings. The van der Waals surface area contributed by atoms with E-state index >= 15 is 0 Å². The third-order valence-corrected chi connectivity index (χ3v) is 3.09. The van der Waals surface area contributed by atoms with E-state index in [0.29, 0.717) is 11.5 Å². The Morgan fingerprint density at radius 1 is 1.44 bits per heavy atom. The number of rotatable bonds is 4. The van der Waals surface area contributed by atoms with Crippen LogP contribution >= 0.6 is 12.2 Å². The van der Waals surface area contributed by atoms with E-state index in [2.05, 4.69) is 5.32 Å². The third-order valence-electron chi connectivity index (χ3n) is 2.68. The van der Waals surface area contributed by atoms with Crippen molar-refractivity contribution in [3.8, 4) is 0 Å². The maximum Gasteiger partial charge on any atom is 0.321 e. The number of nitrogens with zero attached hydrogens (tertiary/aromatic N) is 1. The Kier molecular flexibility index (Phi) is 5.09. The van der Waals surface area contributed by atoms with Gasteiger partial charge in [-0.25, -0.2) is 4.79 Å². The number of nitrogens with two attached hydrogens (primary N) is 1. The van der Waals surface area contributed by atoms with Gasteiger partial charge in [0.2, 0.25) is 0 Å².